The molecule has 0 fully saturated rings. The van der Waals surface area contributed by atoms with Crippen LogP contribution in [-0.4, -0.2) is 25.1 Å². The molecule has 0 spiro atoms. The van der Waals surface area contributed by atoms with E-state index >= 15 is 0 Å². The van der Waals surface area contributed by atoms with Crippen molar-refractivity contribution in [3.05, 3.63) is 48.2 Å². The van der Waals surface area contributed by atoms with Gasteiger partial charge in [0.05, 0.1) is 12.7 Å². The Kier molecular flexibility index (Phi) is 6.95. The number of hydrogen-bond acceptors (Lipinski definition) is 4. The van der Waals surface area contributed by atoms with Crippen LogP contribution in [0.15, 0.2) is 42.6 Å². The van der Waals surface area contributed by atoms with Crippen LogP contribution >= 0.6 is 0 Å². The second-order valence-electron chi connectivity index (χ2n) is 4.42. The maximum atomic E-state index is 11.7. The lowest BCUT2D eigenvalue weighted by Gasteiger charge is -2.08. The number of carbonyl (C=O) groups is 1. The number of benzene rings is 1. The zero-order chi connectivity index (χ0) is 15.7. The molecule has 1 heterocycles. The van der Waals surface area contributed by atoms with Gasteiger partial charge in [-0.2, -0.15) is 0 Å². The van der Waals surface area contributed by atoms with Gasteiger partial charge in [0.25, 0.3) is 0 Å². The molecule has 0 aliphatic rings. The standard InChI is InChI=1S/C14H14N2O2.C3H8/c1-15-13-9-10(7-8-16-13)11-5-3-4-6-12(11)14(17)18-2;1-3-2/h3-9H,1-2H3,(H,15,16);3H2,1-2H3. The van der Waals surface area contributed by atoms with Gasteiger partial charge in [0.2, 0.25) is 0 Å². The van der Waals surface area contributed by atoms with Gasteiger partial charge < -0.3 is 10.1 Å². The van der Waals surface area contributed by atoms with Crippen molar-refractivity contribution >= 4 is 11.8 Å². The minimum Gasteiger partial charge on any atom is -0.465 e. The second kappa shape index (κ2) is 8.74. The van der Waals surface area contributed by atoms with E-state index in [-0.39, 0.29) is 5.97 Å². The highest BCUT2D eigenvalue weighted by Crippen LogP contribution is 2.25. The van der Waals surface area contributed by atoms with E-state index in [4.69, 9.17) is 4.74 Å². The summed E-state index contributed by atoms with van der Waals surface area (Å²) in [4.78, 5) is 15.9. The molecule has 0 bridgehead atoms. The summed E-state index contributed by atoms with van der Waals surface area (Å²) in [6.45, 7) is 4.25. The van der Waals surface area contributed by atoms with Crippen molar-refractivity contribution in [2.45, 2.75) is 20.3 Å². The first-order valence-electron chi connectivity index (χ1n) is 6.99. The highest BCUT2D eigenvalue weighted by Gasteiger charge is 2.12. The van der Waals surface area contributed by atoms with E-state index in [9.17, 15) is 4.79 Å². The van der Waals surface area contributed by atoms with E-state index in [0.29, 0.717) is 5.56 Å². The molecule has 1 aromatic heterocycles. The maximum absolute atomic E-state index is 11.7. The summed E-state index contributed by atoms with van der Waals surface area (Å²) >= 11 is 0. The molecular weight excluding hydrogens is 264 g/mol. The lowest BCUT2D eigenvalue weighted by molar-refractivity contribution is 0.0601. The van der Waals surface area contributed by atoms with Crippen LogP contribution in [0.4, 0.5) is 5.82 Å². The van der Waals surface area contributed by atoms with Crippen LogP contribution in [0.1, 0.15) is 30.6 Å². The average molecular weight is 286 g/mol. The third-order valence-electron chi connectivity index (χ3n) is 2.66. The van der Waals surface area contributed by atoms with Crippen LogP contribution in [0.25, 0.3) is 11.1 Å². The lowest BCUT2D eigenvalue weighted by atomic mass is 10.0. The number of methoxy groups -OCH3 is 1. The molecule has 1 N–H and O–H groups in total. The van der Waals surface area contributed by atoms with Crippen molar-refractivity contribution in [1.29, 1.82) is 0 Å². The van der Waals surface area contributed by atoms with Gasteiger partial charge in [-0.25, -0.2) is 9.78 Å². The van der Waals surface area contributed by atoms with Crippen LogP contribution in [-0.2, 0) is 4.74 Å². The Balaban J connectivity index is 0.000000677. The highest BCUT2D eigenvalue weighted by molar-refractivity contribution is 5.97. The quantitative estimate of drug-likeness (QED) is 0.867. The zero-order valence-corrected chi connectivity index (χ0v) is 13.0. The summed E-state index contributed by atoms with van der Waals surface area (Å²) in [5, 5.41) is 2.97. The van der Waals surface area contributed by atoms with Crippen molar-refractivity contribution in [3.63, 3.8) is 0 Å². The van der Waals surface area contributed by atoms with Crippen molar-refractivity contribution in [1.82, 2.24) is 4.98 Å². The molecule has 0 saturated carbocycles. The molecular formula is C17H22N2O2. The monoisotopic (exact) mass is 286 g/mol. The van der Waals surface area contributed by atoms with E-state index in [0.717, 1.165) is 16.9 Å². The van der Waals surface area contributed by atoms with Gasteiger partial charge in [-0.3, -0.25) is 0 Å². The molecule has 0 radical (unpaired) electrons. The van der Waals surface area contributed by atoms with Crippen LogP contribution in [0.5, 0.6) is 0 Å². The number of esters is 1. The van der Waals surface area contributed by atoms with Crippen LogP contribution in [0.2, 0.25) is 0 Å². The summed E-state index contributed by atoms with van der Waals surface area (Å²) < 4.78 is 4.78. The normalized spacial score (nSPS) is 9.33. The number of nitrogens with one attached hydrogen (secondary N) is 1. The molecule has 4 heteroatoms. The van der Waals surface area contributed by atoms with Crippen molar-refractivity contribution < 1.29 is 9.53 Å². The minimum absolute atomic E-state index is 0.339. The fraction of sp³-hybridized carbons (Fsp3) is 0.294. The molecule has 4 nitrogen and oxygen atoms in total. The number of anilines is 1. The fourth-order valence-electron chi connectivity index (χ4n) is 1.76. The summed E-state index contributed by atoms with van der Waals surface area (Å²) in [5.41, 5.74) is 2.31. The van der Waals surface area contributed by atoms with E-state index in [1.54, 1.807) is 19.3 Å². The SMILES string of the molecule is CCC.CNc1cc(-c2ccccc2C(=O)OC)ccn1. The lowest BCUT2D eigenvalue weighted by Crippen LogP contribution is -2.03. The predicted molar refractivity (Wildman–Crippen MR) is 86.5 cm³/mol. The van der Waals surface area contributed by atoms with Gasteiger partial charge in [-0.05, 0) is 29.3 Å². The number of pyridine rings is 1. The Morgan fingerprint density at radius 3 is 2.52 bits per heavy atom. The molecule has 0 amide bonds. The molecule has 0 saturated heterocycles. The van der Waals surface area contributed by atoms with E-state index in [2.05, 4.69) is 24.1 Å². The van der Waals surface area contributed by atoms with Gasteiger partial charge in [0.1, 0.15) is 5.82 Å². The van der Waals surface area contributed by atoms with Crippen molar-refractivity contribution in [2.24, 2.45) is 0 Å². The zero-order valence-electron chi connectivity index (χ0n) is 13.0. The van der Waals surface area contributed by atoms with E-state index in [1.807, 2.05) is 30.3 Å². The predicted octanol–water partition coefficient (Wildman–Crippen LogP) is 3.99. The highest BCUT2D eigenvalue weighted by atomic mass is 16.5. The van der Waals surface area contributed by atoms with Crippen molar-refractivity contribution in [3.8, 4) is 11.1 Å². The summed E-state index contributed by atoms with van der Waals surface area (Å²) in [6.07, 6.45) is 2.95. The third kappa shape index (κ3) is 4.60. The third-order valence-corrected chi connectivity index (χ3v) is 2.66. The molecule has 0 aliphatic heterocycles. The molecule has 21 heavy (non-hydrogen) atoms. The molecule has 0 atom stereocenters. The first-order chi connectivity index (χ1) is 10.2. The Morgan fingerprint density at radius 2 is 1.90 bits per heavy atom. The van der Waals surface area contributed by atoms with Crippen LogP contribution in [0, 0.1) is 0 Å². The van der Waals surface area contributed by atoms with Crippen LogP contribution < -0.4 is 5.32 Å². The smallest absolute Gasteiger partial charge is 0.338 e. The van der Waals surface area contributed by atoms with Crippen LogP contribution in [0.3, 0.4) is 0 Å². The second-order valence-corrected chi connectivity index (χ2v) is 4.42. The fourth-order valence-corrected chi connectivity index (χ4v) is 1.76. The van der Waals surface area contributed by atoms with E-state index < -0.39 is 0 Å². The number of nitrogens with zero attached hydrogens (tertiary/aromatic N) is 1. The Hall–Kier alpha value is -2.36. The minimum atomic E-state index is -0.339. The van der Waals surface area contributed by atoms with Gasteiger partial charge in [-0.15, -0.1) is 0 Å². The van der Waals surface area contributed by atoms with Crippen molar-refractivity contribution in [2.75, 3.05) is 19.5 Å². The first-order valence-corrected chi connectivity index (χ1v) is 6.99. The molecule has 0 aliphatic carbocycles. The maximum Gasteiger partial charge on any atom is 0.338 e. The molecule has 0 unspecified atom stereocenters. The van der Waals surface area contributed by atoms with Gasteiger partial charge in [-0.1, -0.05) is 38.5 Å². The van der Waals surface area contributed by atoms with Gasteiger partial charge >= 0.3 is 5.97 Å². The first kappa shape index (κ1) is 16.7. The molecule has 2 aromatic rings. The summed E-state index contributed by atoms with van der Waals surface area (Å²) in [6, 6.07) is 11.1. The number of rotatable bonds is 3. The Labute approximate surface area is 126 Å². The number of ether oxygens (including phenoxy) is 1. The van der Waals surface area contributed by atoms with Gasteiger partial charge in [0, 0.05) is 13.2 Å². The largest absolute Gasteiger partial charge is 0.465 e. The molecule has 1 aromatic carbocycles. The topological polar surface area (TPSA) is 51.2 Å². The molecule has 112 valence electrons. The number of carbonyl (C=O) groups excluding carboxylic acids is 1. The number of aromatic nitrogens is 1. The Bertz CT molecular complexity index is 583. The number of hydrogen-bond donors (Lipinski definition) is 1. The Morgan fingerprint density at radius 1 is 1.24 bits per heavy atom. The summed E-state index contributed by atoms with van der Waals surface area (Å²) in [7, 11) is 3.18. The summed E-state index contributed by atoms with van der Waals surface area (Å²) in [5.74, 6) is 0.417. The van der Waals surface area contributed by atoms with Gasteiger partial charge in [0.15, 0.2) is 0 Å². The van der Waals surface area contributed by atoms with E-state index in [1.165, 1.54) is 13.5 Å². The molecule has 2 rings (SSSR count). The average Bonchev–Trinajstić information content (AvgIpc) is 2.55.